The molecule has 2 rings (SSSR count). The van der Waals surface area contributed by atoms with Crippen LogP contribution in [0.15, 0.2) is 41.9 Å². The third-order valence-corrected chi connectivity index (χ3v) is 4.69. The molecule has 1 heterocycles. The first-order chi connectivity index (χ1) is 12.0. The Morgan fingerprint density at radius 2 is 2.12 bits per heavy atom. The molecule has 0 bridgehead atoms. The molecule has 0 saturated carbocycles. The van der Waals surface area contributed by atoms with Crippen LogP contribution in [0.1, 0.15) is 26.3 Å². The number of likely N-dealkylation sites (tertiary alicyclic amines) is 1. The molecule has 0 aromatic heterocycles. The van der Waals surface area contributed by atoms with E-state index in [9.17, 15) is 0 Å². The second-order valence-electron chi connectivity index (χ2n) is 6.91. The highest BCUT2D eigenvalue weighted by Gasteiger charge is 2.31. The zero-order chi connectivity index (χ0) is 18.2. The highest BCUT2D eigenvalue weighted by molar-refractivity contribution is 14.0. The SMILES string of the molecule is C=CCOc1ccccc1CNC(=NC)NC1CN(C(C)C)CC1C.I. The molecule has 0 amide bonds. The van der Waals surface area contributed by atoms with Gasteiger partial charge in [-0.2, -0.15) is 0 Å². The number of rotatable bonds is 7. The fourth-order valence-corrected chi connectivity index (χ4v) is 3.10. The van der Waals surface area contributed by atoms with E-state index in [-0.39, 0.29) is 24.0 Å². The summed E-state index contributed by atoms with van der Waals surface area (Å²) in [4.78, 5) is 6.89. The number of aliphatic imine (C=N–C) groups is 1. The zero-order valence-corrected chi connectivity index (χ0v) is 18.7. The van der Waals surface area contributed by atoms with E-state index < -0.39 is 0 Å². The highest BCUT2D eigenvalue weighted by atomic mass is 127. The summed E-state index contributed by atoms with van der Waals surface area (Å²) in [5, 5.41) is 6.98. The standard InChI is InChI=1S/C20H32N4O.HI/c1-6-11-25-19-10-8-7-9-17(19)12-22-20(21-5)23-18-14-24(15(2)3)13-16(18)4;/h6-10,15-16,18H,1,11-14H2,2-5H3,(H2,21,22,23);1H. The van der Waals surface area contributed by atoms with Gasteiger partial charge in [-0.05, 0) is 25.8 Å². The van der Waals surface area contributed by atoms with E-state index in [2.05, 4.69) is 53.9 Å². The monoisotopic (exact) mass is 472 g/mol. The van der Waals surface area contributed by atoms with E-state index in [4.69, 9.17) is 4.74 Å². The van der Waals surface area contributed by atoms with E-state index in [0.29, 0.717) is 31.2 Å². The fraction of sp³-hybridized carbons (Fsp3) is 0.550. The van der Waals surface area contributed by atoms with Crippen molar-refractivity contribution in [2.45, 2.75) is 39.4 Å². The van der Waals surface area contributed by atoms with Crippen molar-refractivity contribution in [3.05, 3.63) is 42.5 Å². The molecule has 0 aliphatic carbocycles. The van der Waals surface area contributed by atoms with Gasteiger partial charge in [0, 0.05) is 44.3 Å². The minimum absolute atomic E-state index is 0. The summed E-state index contributed by atoms with van der Waals surface area (Å²) in [6.07, 6.45) is 1.76. The smallest absolute Gasteiger partial charge is 0.191 e. The second kappa shape index (κ2) is 11.4. The second-order valence-corrected chi connectivity index (χ2v) is 6.91. The quantitative estimate of drug-likeness (QED) is 0.277. The molecule has 2 N–H and O–H groups in total. The maximum atomic E-state index is 5.72. The van der Waals surface area contributed by atoms with Gasteiger partial charge < -0.3 is 15.4 Å². The largest absolute Gasteiger partial charge is 0.489 e. The average Bonchev–Trinajstić information content (AvgIpc) is 2.98. The fourth-order valence-electron chi connectivity index (χ4n) is 3.10. The Morgan fingerprint density at radius 1 is 1.38 bits per heavy atom. The molecule has 1 aliphatic heterocycles. The first-order valence-corrected chi connectivity index (χ1v) is 9.08. The summed E-state index contributed by atoms with van der Waals surface area (Å²) < 4.78 is 5.72. The summed E-state index contributed by atoms with van der Waals surface area (Å²) in [7, 11) is 1.81. The lowest BCUT2D eigenvalue weighted by atomic mass is 10.1. The lowest BCUT2D eigenvalue weighted by Gasteiger charge is -2.22. The number of hydrogen-bond acceptors (Lipinski definition) is 3. The Hall–Kier alpha value is -1.28. The summed E-state index contributed by atoms with van der Waals surface area (Å²) >= 11 is 0. The molecular weight excluding hydrogens is 439 g/mol. The van der Waals surface area contributed by atoms with Gasteiger partial charge >= 0.3 is 0 Å². The van der Waals surface area contributed by atoms with Crippen LogP contribution in [0.5, 0.6) is 5.75 Å². The van der Waals surface area contributed by atoms with Crippen molar-refractivity contribution in [1.29, 1.82) is 0 Å². The first kappa shape index (κ1) is 22.8. The lowest BCUT2D eigenvalue weighted by molar-refractivity contribution is 0.265. The number of benzene rings is 1. The molecule has 2 atom stereocenters. The maximum absolute atomic E-state index is 5.72. The van der Waals surface area contributed by atoms with Crippen LogP contribution in [-0.2, 0) is 6.54 Å². The third kappa shape index (κ3) is 6.46. The number of ether oxygens (including phenoxy) is 1. The third-order valence-electron chi connectivity index (χ3n) is 4.69. The maximum Gasteiger partial charge on any atom is 0.191 e. The molecule has 1 aliphatic rings. The number of hydrogen-bond donors (Lipinski definition) is 2. The van der Waals surface area contributed by atoms with Crippen molar-refractivity contribution < 1.29 is 4.74 Å². The van der Waals surface area contributed by atoms with Crippen LogP contribution in [0.4, 0.5) is 0 Å². The molecular formula is C20H33IN4O. The predicted octanol–water partition coefficient (Wildman–Crippen LogP) is 3.26. The summed E-state index contributed by atoms with van der Waals surface area (Å²) in [5.74, 6) is 2.32. The van der Waals surface area contributed by atoms with Crippen molar-refractivity contribution in [1.82, 2.24) is 15.5 Å². The molecule has 0 spiro atoms. The van der Waals surface area contributed by atoms with Crippen LogP contribution < -0.4 is 15.4 Å². The molecule has 2 unspecified atom stereocenters. The highest BCUT2D eigenvalue weighted by Crippen LogP contribution is 2.19. The first-order valence-electron chi connectivity index (χ1n) is 9.08. The van der Waals surface area contributed by atoms with Gasteiger partial charge in [-0.15, -0.1) is 24.0 Å². The van der Waals surface area contributed by atoms with E-state index in [1.54, 1.807) is 6.08 Å². The van der Waals surface area contributed by atoms with Crippen LogP contribution in [0.2, 0.25) is 0 Å². The van der Waals surface area contributed by atoms with E-state index in [1.807, 2.05) is 25.2 Å². The van der Waals surface area contributed by atoms with Gasteiger partial charge in [-0.1, -0.05) is 37.8 Å². The van der Waals surface area contributed by atoms with Gasteiger partial charge in [-0.25, -0.2) is 0 Å². The summed E-state index contributed by atoms with van der Waals surface area (Å²) in [6, 6.07) is 9.05. The molecule has 1 aromatic rings. The van der Waals surface area contributed by atoms with Gasteiger partial charge in [0.1, 0.15) is 12.4 Å². The van der Waals surface area contributed by atoms with Crippen LogP contribution in [0, 0.1) is 5.92 Å². The van der Waals surface area contributed by atoms with Crippen molar-refractivity contribution in [3.8, 4) is 5.75 Å². The predicted molar refractivity (Wildman–Crippen MR) is 121 cm³/mol. The minimum atomic E-state index is 0. The van der Waals surface area contributed by atoms with Crippen LogP contribution in [0.3, 0.4) is 0 Å². The van der Waals surface area contributed by atoms with E-state index >= 15 is 0 Å². The molecule has 1 fully saturated rings. The Morgan fingerprint density at radius 3 is 2.73 bits per heavy atom. The van der Waals surface area contributed by atoms with Crippen LogP contribution in [-0.4, -0.2) is 49.7 Å². The van der Waals surface area contributed by atoms with Crippen LogP contribution >= 0.6 is 24.0 Å². The molecule has 1 saturated heterocycles. The molecule has 146 valence electrons. The van der Waals surface area contributed by atoms with Gasteiger partial charge in [0.05, 0.1) is 0 Å². The van der Waals surface area contributed by atoms with Crippen molar-refractivity contribution in [3.63, 3.8) is 0 Å². The number of para-hydroxylation sites is 1. The van der Waals surface area contributed by atoms with Crippen LogP contribution in [0.25, 0.3) is 0 Å². The van der Waals surface area contributed by atoms with E-state index in [1.165, 1.54) is 0 Å². The van der Waals surface area contributed by atoms with Crippen molar-refractivity contribution in [2.24, 2.45) is 10.9 Å². The summed E-state index contributed by atoms with van der Waals surface area (Å²) in [5.41, 5.74) is 1.11. The van der Waals surface area contributed by atoms with Gasteiger partial charge in [0.15, 0.2) is 5.96 Å². The Balaban J connectivity index is 0.00000338. The average molecular weight is 472 g/mol. The molecule has 26 heavy (non-hydrogen) atoms. The lowest BCUT2D eigenvalue weighted by Crippen LogP contribution is -2.46. The molecule has 5 nitrogen and oxygen atoms in total. The summed E-state index contributed by atoms with van der Waals surface area (Å²) in [6.45, 7) is 13.9. The van der Waals surface area contributed by atoms with Gasteiger partial charge in [0.2, 0.25) is 0 Å². The van der Waals surface area contributed by atoms with Crippen molar-refractivity contribution >= 4 is 29.9 Å². The number of nitrogens with zero attached hydrogens (tertiary/aromatic N) is 2. The number of nitrogens with one attached hydrogen (secondary N) is 2. The van der Waals surface area contributed by atoms with Gasteiger partial charge in [-0.3, -0.25) is 9.89 Å². The number of halogens is 1. The molecule has 0 radical (unpaired) electrons. The molecule has 1 aromatic carbocycles. The molecule has 6 heteroatoms. The van der Waals surface area contributed by atoms with E-state index in [0.717, 1.165) is 30.4 Å². The minimum Gasteiger partial charge on any atom is -0.489 e. The van der Waals surface area contributed by atoms with Crippen molar-refractivity contribution in [2.75, 3.05) is 26.7 Å². The Kier molecular flexibility index (Phi) is 10.0. The normalized spacial score (nSPS) is 20.6. The van der Waals surface area contributed by atoms with Gasteiger partial charge in [0.25, 0.3) is 0 Å². The Bertz CT molecular complexity index is 591. The Labute approximate surface area is 175 Å². The number of guanidine groups is 1. The topological polar surface area (TPSA) is 48.9 Å². The zero-order valence-electron chi connectivity index (χ0n) is 16.4.